The molecule has 18 heavy (non-hydrogen) atoms. The van der Waals surface area contributed by atoms with E-state index in [0.717, 1.165) is 18.2 Å². The fourth-order valence-electron chi connectivity index (χ4n) is 2.42. The Labute approximate surface area is 120 Å². The normalized spacial score (nSPS) is 16.5. The average molecular weight is 360 g/mol. The fraction of sp³-hybridized carbons (Fsp3) is 0.538. The fourth-order valence-corrected chi connectivity index (χ4v) is 3.13. The van der Waals surface area contributed by atoms with Crippen LogP contribution >= 0.6 is 22.6 Å². The van der Waals surface area contributed by atoms with Crippen LogP contribution in [0.4, 0.5) is 11.4 Å². The first-order valence-electron chi connectivity index (χ1n) is 6.34. The minimum absolute atomic E-state index is 0.179. The Morgan fingerprint density at radius 3 is 2.67 bits per heavy atom. The molecular formula is C13H17IN2O2. The number of nitro benzene ring substituents is 1. The van der Waals surface area contributed by atoms with E-state index in [-0.39, 0.29) is 10.6 Å². The second kappa shape index (κ2) is 6.36. The van der Waals surface area contributed by atoms with Crippen LogP contribution in [0.2, 0.25) is 0 Å². The number of benzene rings is 1. The van der Waals surface area contributed by atoms with Gasteiger partial charge in [0.05, 0.1) is 8.49 Å². The summed E-state index contributed by atoms with van der Waals surface area (Å²) in [4.78, 5) is 10.4. The summed E-state index contributed by atoms with van der Waals surface area (Å²) < 4.78 is 0.686. The lowest BCUT2D eigenvalue weighted by molar-refractivity contribution is -0.385. The van der Waals surface area contributed by atoms with Gasteiger partial charge in [-0.05, 0) is 53.5 Å². The maximum atomic E-state index is 10.7. The molecule has 1 aliphatic rings. The van der Waals surface area contributed by atoms with E-state index in [2.05, 4.69) is 5.32 Å². The number of nitrogens with zero attached hydrogens (tertiary/aromatic N) is 1. The van der Waals surface area contributed by atoms with Crippen molar-refractivity contribution in [3.05, 3.63) is 31.9 Å². The van der Waals surface area contributed by atoms with Gasteiger partial charge in [-0.2, -0.15) is 0 Å². The number of anilines is 1. The van der Waals surface area contributed by atoms with Crippen molar-refractivity contribution in [1.29, 1.82) is 0 Å². The molecule has 1 aromatic carbocycles. The maximum absolute atomic E-state index is 10.7. The van der Waals surface area contributed by atoms with Crippen molar-refractivity contribution in [1.82, 2.24) is 0 Å². The highest BCUT2D eigenvalue weighted by Crippen LogP contribution is 2.26. The summed E-state index contributed by atoms with van der Waals surface area (Å²) in [6, 6.07) is 5.22. The number of hydrogen-bond donors (Lipinski definition) is 1. The monoisotopic (exact) mass is 360 g/mol. The standard InChI is InChI=1S/C13H17IN2O2/c14-12-8-11(6-7-13(12)16(17)18)15-9-10-4-2-1-3-5-10/h6-8,10,15H,1-5,9H2. The van der Waals surface area contributed by atoms with Crippen LogP contribution in [-0.4, -0.2) is 11.5 Å². The van der Waals surface area contributed by atoms with Crippen molar-refractivity contribution >= 4 is 34.0 Å². The van der Waals surface area contributed by atoms with Gasteiger partial charge in [-0.1, -0.05) is 19.3 Å². The zero-order valence-electron chi connectivity index (χ0n) is 10.2. The van der Waals surface area contributed by atoms with Crippen LogP contribution in [0.1, 0.15) is 32.1 Å². The van der Waals surface area contributed by atoms with Gasteiger partial charge in [-0.3, -0.25) is 10.1 Å². The first-order chi connectivity index (χ1) is 8.66. The van der Waals surface area contributed by atoms with Gasteiger partial charge in [0.1, 0.15) is 0 Å². The molecule has 1 aliphatic carbocycles. The minimum atomic E-state index is -0.341. The summed E-state index contributed by atoms with van der Waals surface area (Å²) in [6.45, 7) is 0.980. The average Bonchev–Trinajstić information content (AvgIpc) is 2.37. The topological polar surface area (TPSA) is 55.2 Å². The number of nitrogens with one attached hydrogen (secondary N) is 1. The highest BCUT2D eigenvalue weighted by atomic mass is 127. The largest absolute Gasteiger partial charge is 0.385 e. The zero-order valence-corrected chi connectivity index (χ0v) is 12.4. The molecule has 0 aliphatic heterocycles. The molecule has 4 nitrogen and oxygen atoms in total. The number of rotatable bonds is 4. The zero-order chi connectivity index (χ0) is 13.0. The van der Waals surface area contributed by atoms with Gasteiger partial charge in [0.25, 0.3) is 5.69 Å². The van der Waals surface area contributed by atoms with Gasteiger partial charge in [0, 0.05) is 18.3 Å². The van der Waals surface area contributed by atoms with Gasteiger partial charge in [-0.25, -0.2) is 0 Å². The Kier molecular flexibility index (Phi) is 4.79. The Balaban J connectivity index is 1.93. The first kappa shape index (κ1) is 13.6. The number of halogens is 1. The lowest BCUT2D eigenvalue weighted by Crippen LogP contribution is -2.17. The van der Waals surface area contributed by atoms with Gasteiger partial charge in [-0.15, -0.1) is 0 Å². The molecule has 0 radical (unpaired) electrons. The minimum Gasteiger partial charge on any atom is -0.385 e. The molecule has 1 aromatic rings. The first-order valence-corrected chi connectivity index (χ1v) is 7.42. The molecular weight excluding hydrogens is 343 g/mol. The molecule has 0 amide bonds. The predicted octanol–water partition coefficient (Wildman–Crippen LogP) is 4.19. The van der Waals surface area contributed by atoms with Crippen LogP contribution in [0.3, 0.4) is 0 Å². The molecule has 1 N–H and O–H groups in total. The quantitative estimate of drug-likeness (QED) is 0.498. The van der Waals surface area contributed by atoms with Crippen molar-refractivity contribution in [3.63, 3.8) is 0 Å². The Morgan fingerprint density at radius 1 is 1.33 bits per heavy atom. The van der Waals surface area contributed by atoms with Gasteiger partial charge >= 0.3 is 0 Å². The summed E-state index contributed by atoms with van der Waals surface area (Å²) in [5.41, 5.74) is 1.16. The molecule has 0 atom stereocenters. The number of hydrogen-bond acceptors (Lipinski definition) is 3. The van der Waals surface area contributed by atoms with Crippen LogP contribution in [0, 0.1) is 19.6 Å². The summed E-state index contributed by atoms with van der Waals surface area (Å²) in [5.74, 6) is 0.756. The molecule has 0 saturated heterocycles. The molecule has 0 unspecified atom stereocenters. The molecule has 0 bridgehead atoms. The van der Waals surface area contributed by atoms with Crippen LogP contribution in [0.25, 0.3) is 0 Å². The van der Waals surface area contributed by atoms with Crippen molar-refractivity contribution in [2.75, 3.05) is 11.9 Å². The van der Waals surface area contributed by atoms with Gasteiger partial charge in [0.2, 0.25) is 0 Å². The molecule has 5 heteroatoms. The van der Waals surface area contributed by atoms with E-state index < -0.39 is 0 Å². The van der Waals surface area contributed by atoms with Gasteiger partial charge in [0.15, 0.2) is 0 Å². The van der Waals surface area contributed by atoms with E-state index in [1.165, 1.54) is 32.1 Å². The second-order valence-corrected chi connectivity index (χ2v) is 5.97. The molecule has 2 rings (SSSR count). The molecule has 1 saturated carbocycles. The summed E-state index contributed by atoms with van der Waals surface area (Å²) in [5, 5.41) is 14.1. The molecule has 0 spiro atoms. The van der Waals surface area contributed by atoms with E-state index in [0.29, 0.717) is 3.57 Å². The van der Waals surface area contributed by atoms with Crippen molar-refractivity contribution < 1.29 is 4.92 Å². The third-order valence-electron chi connectivity index (χ3n) is 3.46. The van der Waals surface area contributed by atoms with E-state index in [9.17, 15) is 10.1 Å². The molecule has 98 valence electrons. The smallest absolute Gasteiger partial charge is 0.282 e. The Hall–Kier alpha value is -0.850. The summed E-state index contributed by atoms with van der Waals surface area (Å²) in [6.07, 6.45) is 6.65. The molecule has 1 fully saturated rings. The van der Waals surface area contributed by atoms with Crippen LogP contribution in [0.15, 0.2) is 18.2 Å². The van der Waals surface area contributed by atoms with Crippen LogP contribution in [-0.2, 0) is 0 Å². The van der Waals surface area contributed by atoms with Crippen molar-refractivity contribution in [2.45, 2.75) is 32.1 Å². The van der Waals surface area contributed by atoms with E-state index in [4.69, 9.17) is 0 Å². The Bertz CT molecular complexity index is 431. The third kappa shape index (κ3) is 3.57. The second-order valence-electron chi connectivity index (χ2n) is 4.81. The number of nitro groups is 1. The molecule has 0 heterocycles. The van der Waals surface area contributed by atoms with E-state index >= 15 is 0 Å². The summed E-state index contributed by atoms with van der Waals surface area (Å²) >= 11 is 2.01. The van der Waals surface area contributed by atoms with E-state index in [1.54, 1.807) is 12.1 Å². The van der Waals surface area contributed by atoms with Crippen LogP contribution < -0.4 is 5.32 Å². The molecule has 0 aromatic heterocycles. The highest BCUT2D eigenvalue weighted by Gasteiger charge is 2.14. The Morgan fingerprint density at radius 2 is 2.06 bits per heavy atom. The van der Waals surface area contributed by atoms with Crippen molar-refractivity contribution in [3.8, 4) is 0 Å². The lowest BCUT2D eigenvalue weighted by Gasteiger charge is -2.22. The highest BCUT2D eigenvalue weighted by molar-refractivity contribution is 14.1. The van der Waals surface area contributed by atoms with Crippen LogP contribution in [0.5, 0.6) is 0 Å². The van der Waals surface area contributed by atoms with E-state index in [1.807, 2.05) is 28.7 Å². The third-order valence-corrected chi connectivity index (χ3v) is 4.33. The summed E-state index contributed by atoms with van der Waals surface area (Å²) in [7, 11) is 0. The van der Waals surface area contributed by atoms with Gasteiger partial charge < -0.3 is 5.32 Å². The van der Waals surface area contributed by atoms with Crippen molar-refractivity contribution in [2.24, 2.45) is 5.92 Å². The SMILES string of the molecule is O=[N+]([O-])c1ccc(NCC2CCCCC2)cc1I. The lowest BCUT2D eigenvalue weighted by atomic mass is 9.89. The maximum Gasteiger partial charge on any atom is 0.282 e. The predicted molar refractivity (Wildman–Crippen MR) is 80.9 cm³/mol.